The Morgan fingerprint density at radius 1 is 1.03 bits per heavy atom. The number of ether oxygens (including phenoxy) is 1. The SMILES string of the molecule is CCNC(=S)N/N=C1\CCC(CCOCc2ccccc2)\C1=N/NC(=S)NCC. The summed E-state index contributed by atoms with van der Waals surface area (Å²) in [6.45, 7) is 6.74. The average molecular weight is 435 g/mol. The van der Waals surface area contributed by atoms with Crippen molar-refractivity contribution in [2.75, 3.05) is 19.7 Å². The van der Waals surface area contributed by atoms with Gasteiger partial charge in [0.15, 0.2) is 10.2 Å². The molecule has 0 spiro atoms. The van der Waals surface area contributed by atoms with Crippen LogP contribution in [0.5, 0.6) is 0 Å². The summed E-state index contributed by atoms with van der Waals surface area (Å²) in [5.74, 6) is 0.260. The lowest BCUT2D eigenvalue weighted by Gasteiger charge is -2.13. The highest BCUT2D eigenvalue weighted by Crippen LogP contribution is 2.24. The van der Waals surface area contributed by atoms with Crippen LogP contribution in [0.4, 0.5) is 0 Å². The first kappa shape index (κ1) is 23.2. The zero-order valence-electron chi connectivity index (χ0n) is 17.0. The normalized spacial score (nSPS) is 18.6. The van der Waals surface area contributed by atoms with Gasteiger partial charge in [0.25, 0.3) is 0 Å². The van der Waals surface area contributed by atoms with Gasteiger partial charge in [0.2, 0.25) is 0 Å². The van der Waals surface area contributed by atoms with Gasteiger partial charge < -0.3 is 15.4 Å². The first-order valence-corrected chi connectivity index (χ1v) is 10.8. The largest absolute Gasteiger partial charge is 0.377 e. The molecular formula is C20H30N6OS2. The van der Waals surface area contributed by atoms with E-state index in [0.29, 0.717) is 23.4 Å². The highest BCUT2D eigenvalue weighted by Gasteiger charge is 2.29. The second-order valence-electron chi connectivity index (χ2n) is 6.56. The quantitative estimate of drug-likeness (QED) is 0.270. The smallest absolute Gasteiger partial charge is 0.186 e. The van der Waals surface area contributed by atoms with E-state index in [1.165, 1.54) is 5.56 Å². The number of benzene rings is 1. The van der Waals surface area contributed by atoms with Crippen LogP contribution in [0.1, 0.15) is 38.7 Å². The van der Waals surface area contributed by atoms with E-state index in [2.05, 4.69) is 43.8 Å². The number of hydrazone groups is 2. The monoisotopic (exact) mass is 434 g/mol. The van der Waals surface area contributed by atoms with Crippen molar-refractivity contribution in [1.29, 1.82) is 0 Å². The minimum atomic E-state index is 0.260. The third kappa shape index (κ3) is 8.43. The Morgan fingerprint density at radius 3 is 2.34 bits per heavy atom. The summed E-state index contributed by atoms with van der Waals surface area (Å²) in [6.07, 6.45) is 2.68. The van der Waals surface area contributed by atoms with Gasteiger partial charge in [-0.1, -0.05) is 30.3 Å². The molecule has 0 saturated heterocycles. The minimum Gasteiger partial charge on any atom is -0.377 e. The number of nitrogens with zero attached hydrogens (tertiary/aromatic N) is 2. The summed E-state index contributed by atoms with van der Waals surface area (Å²) in [4.78, 5) is 0. The highest BCUT2D eigenvalue weighted by molar-refractivity contribution is 7.80. The van der Waals surface area contributed by atoms with E-state index in [4.69, 9.17) is 29.2 Å². The summed E-state index contributed by atoms with van der Waals surface area (Å²) in [5.41, 5.74) is 8.79. The Balaban J connectivity index is 1.95. The Morgan fingerprint density at radius 2 is 1.69 bits per heavy atom. The molecule has 1 aromatic rings. The molecule has 0 amide bonds. The third-order valence-corrected chi connectivity index (χ3v) is 4.85. The molecule has 158 valence electrons. The zero-order valence-corrected chi connectivity index (χ0v) is 18.7. The third-order valence-electron chi connectivity index (χ3n) is 4.38. The number of rotatable bonds is 9. The van der Waals surface area contributed by atoms with Crippen LogP contribution in [-0.4, -0.2) is 41.3 Å². The van der Waals surface area contributed by atoms with Crippen LogP contribution in [0.15, 0.2) is 40.5 Å². The van der Waals surface area contributed by atoms with Crippen LogP contribution in [0.3, 0.4) is 0 Å². The molecule has 0 heterocycles. The molecule has 1 unspecified atom stereocenters. The van der Waals surface area contributed by atoms with Crippen LogP contribution >= 0.6 is 24.4 Å². The van der Waals surface area contributed by atoms with Crippen LogP contribution in [-0.2, 0) is 11.3 Å². The molecule has 1 fully saturated rings. The van der Waals surface area contributed by atoms with Gasteiger partial charge >= 0.3 is 0 Å². The molecule has 29 heavy (non-hydrogen) atoms. The van der Waals surface area contributed by atoms with Crippen LogP contribution < -0.4 is 21.5 Å². The van der Waals surface area contributed by atoms with E-state index >= 15 is 0 Å². The van der Waals surface area contributed by atoms with Crippen LogP contribution in [0.2, 0.25) is 0 Å². The lowest BCUT2D eigenvalue weighted by Crippen LogP contribution is -2.35. The van der Waals surface area contributed by atoms with Crippen molar-refractivity contribution in [3.63, 3.8) is 0 Å². The van der Waals surface area contributed by atoms with Gasteiger partial charge in [-0.15, -0.1) is 0 Å². The molecule has 1 aromatic carbocycles. The standard InChI is InChI=1S/C20H30N6OS2/c1-3-21-19(28)25-23-17-11-10-16(18(17)24-26-20(29)22-4-2)12-13-27-14-15-8-6-5-7-9-15/h5-9,16H,3-4,10-14H2,1-2H3,(H2,21,25,28)(H2,22,26,29)/b23-17+,24-18+. The van der Waals surface area contributed by atoms with Gasteiger partial charge in [0.05, 0.1) is 18.0 Å². The maximum Gasteiger partial charge on any atom is 0.186 e. The van der Waals surface area contributed by atoms with E-state index in [1.54, 1.807) is 0 Å². The topological polar surface area (TPSA) is 82.1 Å². The molecule has 2 rings (SSSR count). The second-order valence-corrected chi connectivity index (χ2v) is 7.38. The average Bonchev–Trinajstić information content (AvgIpc) is 3.11. The first-order chi connectivity index (χ1) is 14.1. The molecular weight excluding hydrogens is 404 g/mol. The number of thiocarbonyl (C=S) groups is 2. The molecule has 1 aliphatic carbocycles. The van der Waals surface area contributed by atoms with Crippen molar-refractivity contribution in [3.05, 3.63) is 35.9 Å². The van der Waals surface area contributed by atoms with Crippen molar-refractivity contribution in [2.45, 2.75) is 39.7 Å². The van der Waals surface area contributed by atoms with Crippen molar-refractivity contribution >= 4 is 46.1 Å². The van der Waals surface area contributed by atoms with Crippen LogP contribution in [0.25, 0.3) is 0 Å². The Hall–Kier alpha value is -2.10. The van der Waals surface area contributed by atoms with Gasteiger partial charge in [-0.3, -0.25) is 10.9 Å². The Kier molecular flexibility index (Phi) is 10.5. The van der Waals surface area contributed by atoms with E-state index in [0.717, 1.165) is 43.8 Å². The fourth-order valence-corrected chi connectivity index (χ4v) is 3.36. The molecule has 1 aliphatic rings. The fourth-order valence-electron chi connectivity index (χ4n) is 2.98. The van der Waals surface area contributed by atoms with Gasteiger partial charge in [-0.25, -0.2) is 0 Å². The lowest BCUT2D eigenvalue weighted by molar-refractivity contribution is 0.113. The van der Waals surface area contributed by atoms with Gasteiger partial charge in [0.1, 0.15) is 0 Å². The van der Waals surface area contributed by atoms with Gasteiger partial charge in [-0.2, -0.15) is 10.2 Å². The number of hydrogen-bond donors (Lipinski definition) is 4. The summed E-state index contributed by atoms with van der Waals surface area (Å²) >= 11 is 10.4. The van der Waals surface area contributed by atoms with Crippen molar-refractivity contribution < 1.29 is 4.74 Å². The minimum absolute atomic E-state index is 0.260. The zero-order chi connectivity index (χ0) is 20.9. The van der Waals surface area contributed by atoms with E-state index in [9.17, 15) is 0 Å². The van der Waals surface area contributed by atoms with Crippen LogP contribution in [0, 0.1) is 5.92 Å². The van der Waals surface area contributed by atoms with E-state index < -0.39 is 0 Å². The van der Waals surface area contributed by atoms with E-state index in [1.807, 2.05) is 32.0 Å². The first-order valence-electron chi connectivity index (χ1n) is 9.97. The molecule has 0 radical (unpaired) electrons. The highest BCUT2D eigenvalue weighted by atomic mass is 32.1. The Labute approximate surface area is 183 Å². The predicted molar refractivity (Wildman–Crippen MR) is 127 cm³/mol. The number of hydrogen-bond acceptors (Lipinski definition) is 5. The second kappa shape index (κ2) is 13.2. The summed E-state index contributed by atoms with van der Waals surface area (Å²) in [5, 5.41) is 16.1. The molecule has 7 nitrogen and oxygen atoms in total. The molecule has 1 atom stereocenters. The molecule has 0 aromatic heterocycles. The van der Waals surface area contributed by atoms with Gasteiger partial charge in [-0.05, 0) is 63.1 Å². The summed E-state index contributed by atoms with van der Waals surface area (Å²) in [6, 6.07) is 10.2. The maximum absolute atomic E-state index is 5.86. The fraction of sp³-hybridized carbons (Fsp3) is 0.500. The molecule has 4 N–H and O–H groups in total. The lowest BCUT2D eigenvalue weighted by atomic mass is 10.0. The number of nitrogens with one attached hydrogen (secondary N) is 4. The molecule has 9 heteroatoms. The van der Waals surface area contributed by atoms with Crippen molar-refractivity contribution in [3.8, 4) is 0 Å². The summed E-state index contributed by atoms with van der Waals surface area (Å²) < 4.78 is 5.86. The Bertz CT molecular complexity index is 723. The maximum atomic E-state index is 5.86. The summed E-state index contributed by atoms with van der Waals surface area (Å²) in [7, 11) is 0. The molecule has 0 bridgehead atoms. The molecule has 0 aliphatic heterocycles. The predicted octanol–water partition coefficient (Wildman–Crippen LogP) is 2.68. The van der Waals surface area contributed by atoms with Gasteiger partial charge in [0, 0.05) is 25.6 Å². The van der Waals surface area contributed by atoms with Crippen molar-refractivity contribution in [1.82, 2.24) is 21.5 Å². The van der Waals surface area contributed by atoms with E-state index in [-0.39, 0.29) is 5.92 Å². The molecule has 1 saturated carbocycles. The van der Waals surface area contributed by atoms with Crippen molar-refractivity contribution in [2.24, 2.45) is 16.1 Å².